The number of rotatable bonds is 6. The molecule has 0 aliphatic rings. The maximum Gasteiger partial charge on any atom is 0.251 e. The van der Waals surface area contributed by atoms with E-state index in [-0.39, 0.29) is 23.5 Å². The molecule has 7 nitrogen and oxygen atoms in total. The maximum absolute atomic E-state index is 13.5. The van der Waals surface area contributed by atoms with Crippen LogP contribution < -0.4 is 5.32 Å². The van der Waals surface area contributed by atoms with Gasteiger partial charge in [-0.05, 0) is 59.3 Å². The van der Waals surface area contributed by atoms with E-state index < -0.39 is 11.9 Å². The van der Waals surface area contributed by atoms with Crippen LogP contribution in [0.3, 0.4) is 0 Å². The lowest BCUT2D eigenvalue weighted by atomic mass is 10.0. The average molecular weight is 418 g/mol. The highest BCUT2D eigenvalue weighted by molar-refractivity contribution is 6.33. The molecule has 0 fully saturated rings. The summed E-state index contributed by atoms with van der Waals surface area (Å²) in [5.41, 5.74) is 2.08. The molecule has 0 saturated carbocycles. The molecule has 29 heavy (non-hydrogen) atoms. The number of hydrogen-bond donors (Lipinski definition) is 2. The van der Waals surface area contributed by atoms with Crippen molar-refractivity contribution < 1.29 is 14.3 Å². The summed E-state index contributed by atoms with van der Waals surface area (Å²) in [5, 5.41) is 24.0. The first-order valence-electron chi connectivity index (χ1n) is 9.11. The third-order valence-corrected chi connectivity index (χ3v) is 4.64. The van der Waals surface area contributed by atoms with Crippen molar-refractivity contribution in [3.8, 4) is 16.8 Å². The van der Waals surface area contributed by atoms with Crippen molar-refractivity contribution >= 4 is 17.5 Å². The molecule has 1 atom stereocenters. The number of aliphatic hydroxyl groups is 1. The first-order chi connectivity index (χ1) is 13.8. The molecule has 9 heteroatoms. The summed E-state index contributed by atoms with van der Waals surface area (Å²) >= 11 is 6.24. The van der Waals surface area contributed by atoms with E-state index in [0.717, 1.165) is 0 Å². The number of nitrogens with one attached hydrogen (secondary N) is 1. The van der Waals surface area contributed by atoms with Crippen LogP contribution >= 0.6 is 11.6 Å². The van der Waals surface area contributed by atoms with E-state index in [2.05, 4.69) is 20.8 Å². The Balaban J connectivity index is 2.16. The number of benzene rings is 2. The first kappa shape index (κ1) is 20.9. The number of tetrazole rings is 1. The fourth-order valence-corrected chi connectivity index (χ4v) is 3.11. The normalized spacial score (nSPS) is 12.2. The van der Waals surface area contributed by atoms with Crippen molar-refractivity contribution in [2.45, 2.75) is 32.7 Å². The second kappa shape index (κ2) is 8.67. The molecule has 1 aromatic heterocycles. The minimum absolute atomic E-state index is 0.0507. The predicted molar refractivity (Wildman–Crippen MR) is 108 cm³/mol. The number of aromatic nitrogens is 4. The van der Waals surface area contributed by atoms with Gasteiger partial charge in [0.2, 0.25) is 0 Å². The third kappa shape index (κ3) is 4.60. The first-order valence-corrected chi connectivity index (χ1v) is 9.48. The van der Waals surface area contributed by atoms with Crippen LogP contribution in [0.4, 0.5) is 4.39 Å². The summed E-state index contributed by atoms with van der Waals surface area (Å²) in [6.45, 7) is 5.42. The topological polar surface area (TPSA) is 92.9 Å². The molecular weight excluding hydrogens is 397 g/mol. The zero-order chi connectivity index (χ0) is 21.1. The van der Waals surface area contributed by atoms with E-state index in [1.54, 1.807) is 35.9 Å². The molecule has 2 N–H and O–H groups in total. The summed E-state index contributed by atoms with van der Waals surface area (Å²) in [6, 6.07) is 8.75. The monoisotopic (exact) mass is 417 g/mol. The van der Waals surface area contributed by atoms with Crippen LogP contribution in [-0.2, 0) is 0 Å². The van der Waals surface area contributed by atoms with Crippen molar-refractivity contribution in [2.24, 2.45) is 0 Å². The lowest BCUT2D eigenvalue weighted by Gasteiger charge is -2.15. The Morgan fingerprint density at radius 1 is 1.24 bits per heavy atom. The molecule has 0 unspecified atom stereocenters. The summed E-state index contributed by atoms with van der Waals surface area (Å²) in [5.74, 6) is -0.142. The molecule has 3 aromatic rings. The SMILES string of the molecule is CC(C)c1nnnn1-c1cc(C(=O)N[C@@H](C)CO)cc(-c2ccc(F)cc2Cl)c1. The molecule has 152 valence electrons. The van der Waals surface area contributed by atoms with E-state index >= 15 is 0 Å². The number of nitrogens with zero attached hydrogens (tertiary/aromatic N) is 4. The Morgan fingerprint density at radius 3 is 2.66 bits per heavy atom. The van der Waals surface area contributed by atoms with Gasteiger partial charge >= 0.3 is 0 Å². The fraction of sp³-hybridized carbons (Fsp3) is 0.300. The van der Waals surface area contributed by atoms with Crippen molar-refractivity contribution in [1.29, 1.82) is 0 Å². The smallest absolute Gasteiger partial charge is 0.251 e. The van der Waals surface area contributed by atoms with Crippen LogP contribution in [0.15, 0.2) is 36.4 Å². The van der Waals surface area contributed by atoms with E-state index in [4.69, 9.17) is 11.6 Å². The lowest BCUT2D eigenvalue weighted by molar-refractivity contribution is 0.0922. The molecule has 3 rings (SSSR count). The number of hydrogen-bond acceptors (Lipinski definition) is 5. The predicted octanol–water partition coefficient (Wildman–Crippen LogP) is 3.36. The van der Waals surface area contributed by atoms with Crippen molar-refractivity contribution in [3.05, 3.63) is 58.6 Å². The van der Waals surface area contributed by atoms with Crippen LogP contribution in [0.5, 0.6) is 0 Å². The van der Waals surface area contributed by atoms with Crippen molar-refractivity contribution in [1.82, 2.24) is 25.5 Å². The zero-order valence-electron chi connectivity index (χ0n) is 16.2. The van der Waals surface area contributed by atoms with Gasteiger partial charge in [0.25, 0.3) is 5.91 Å². The molecule has 2 aromatic carbocycles. The van der Waals surface area contributed by atoms with Crippen LogP contribution in [0, 0.1) is 5.82 Å². The second-order valence-electron chi connectivity index (χ2n) is 7.05. The lowest BCUT2D eigenvalue weighted by Crippen LogP contribution is -2.35. The van der Waals surface area contributed by atoms with Gasteiger partial charge in [0.05, 0.1) is 17.3 Å². The summed E-state index contributed by atoms with van der Waals surface area (Å²) < 4.78 is 15.0. The van der Waals surface area contributed by atoms with Gasteiger partial charge in [-0.3, -0.25) is 4.79 Å². The van der Waals surface area contributed by atoms with Gasteiger partial charge in [-0.1, -0.05) is 25.4 Å². The summed E-state index contributed by atoms with van der Waals surface area (Å²) in [6.07, 6.45) is 0. The third-order valence-electron chi connectivity index (χ3n) is 4.33. The van der Waals surface area contributed by atoms with Crippen LogP contribution in [0.2, 0.25) is 5.02 Å². The van der Waals surface area contributed by atoms with E-state index in [9.17, 15) is 14.3 Å². The number of amides is 1. The van der Waals surface area contributed by atoms with Gasteiger partial charge in [-0.15, -0.1) is 5.10 Å². The van der Waals surface area contributed by atoms with Crippen LogP contribution in [0.25, 0.3) is 16.8 Å². The molecule has 0 spiro atoms. The van der Waals surface area contributed by atoms with E-state index in [0.29, 0.717) is 28.2 Å². The molecule has 0 aliphatic carbocycles. The average Bonchev–Trinajstić information content (AvgIpc) is 3.17. The standard InChI is InChI=1S/C20H21ClFN5O2/c1-11(2)19-24-25-26-27(19)16-7-13(17-5-4-15(22)9-18(17)21)6-14(8-16)20(29)23-12(3)10-28/h4-9,11-12,28H,10H2,1-3H3,(H,23,29)/t12-/m0/s1. The summed E-state index contributed by atoms with van der Waals surface area (Å²) in [4.78, 5) is 12.7. The van der Waals surface area contributed by atoms with Crippen molar-refractivity contribution in [3.63, 3.8) is 0 Å². The molecular formula is C20H21ClFN5O2. The van der Waals surface area contributed by atoms with Gasteiger partial charge in [0, 0.05) is 23.1 Å². The Bertz CT molecular complexity index is 1040. The van der Waals surface area contributed by atoms with Crippen molar-refractivity contribution in [2.75, 3.05) is 6.61 Å². The number of halogens is 2. The minimum atomic E-state index is -0.452. The highest BCUT2D eigenvalue weighted by atomic mass is 35.5. The molecule has 0 saturated heterocycles. The number of carbonyl (C=O) groups excluding carboxylic acids is 1. The second-order valence-corrected chi connectivity index (χ2v) is 7.46. The largest absolute Gasteiger partial charge is 0.394 e. The van der Waals surface area contributed by atoms with Gasteiger partial charge in [0.1, 0.15) is 5.82 Å². The van der Waals surface area contributed by atoms with Gasteiger partial charge in [-0.2, -0.15) is 4.68 Å². The van der Waals surface area contributed by atoms with Gasteiger partial charge in [-0.25, -0.2) is 4.39 Å². The summed E-state index contributed by atoms with van der Waals surface area (Å²) in [7, 11) is 0. The maximum atomic E-state index is 13.5. The van der Waals surface area contributed by atoms with Crippen LogP contribution in [-0.4, -0.2) is 43.9 Å². The van der Waals surface area contributed by atoms with Gasteiger partial charge < -0.3 is 10.4 Å². The quantitative estimate of drug-likeness (QED) is 0.641. The zero-order valence-corrected chi connectivity index (χ0v) is 17.0. The Kier molecular flexibility index (Phi) is 6.24. The minimum Gasteiger partial charge on any atom is -0.394 e. The molecule has 1 amide bonds. The Hall–Kier alpha value is -2.84. The van der Waals surface area contributed by atoms with Crippen LogP contribution in [0.1, 0.15) is 42.9 Å². The molecule has 0 radical (unpaired) electrons. The number of carbonyl (C=O) groups is 1. The molecule has 0 aliphatic heterocycles. The van der Waals surface area contributed by atoms with Gasteiger partial charge in [0.15, 0.2) is 5.82 Å². The molecule has 1 heterocycles. The van der Waals surface area contributed by atoms with E-state index in [1.165, 1.54) is 12.1 Å². The van der Waals surface area contributed by atoms with E-state index in [1.807, 2.05) is 13.8 Å². The number of aliphatic hydroxyl groups excluding tert-OH is 1. The Labute approximate surface area is 172 Å². The highest BCUT2D eigenvalue weighted by Crippen LogP contribution is 2.31. The fourth-order valence-electron chi connectivity index (χ4n) is 2.83. The Morgan fingerprint density at radius 2 is 2.00 bits per heavy atom. The highest BCUT2D eigenvalue weighted by Gasteiger charge is 2.18. The molecule has 0 bridgehead atoms.